The van der Waals surface area contributed by atoms with E-state index in [-0.39, 0.29) is 17.9 Å². The number of carbonyl (C=O) groups is 1. The van der Waals surface area contributed by atoms with Crippen LogP contribution in [0, 0.1) is 10.1 Å². The lowest BCUT2D eigenvalue weighted by Crippen LogP contribution is -2.18. The van der Waals surface area contributed by atoms with Crippen molar-refractivity contribution in [3.63, 3.8) is 0 Å². The van der Waals surface area contributed by atoms with E-state index in [1.807, 2.05) is 18.2 Å². The summed E-state index contributed by atoms with van der Waals surface area (Å²) in [4.78, 5) is 23.7. The van der Waals surface area contributed by atoms with E-state index in [0.717, 1.165) is 10.5 Å². The van der Waals surface area contributed by atoms with Gasteiger partial charge in [0.1, 0.15) is 0 Å². The minimum Gasteiger partial charge on any atom is -0.392 e. The average molecular weight is 318 g/mol. The van der Waals surface area contributed by atoms with Gasteiger partial charge in [0.05, 0.1) is 17.1 Å². The number of rotatable bonds is 5. The van der Waals surface area contributed by atoms with E-state index in [1.165, 1.54) is 30.9 Å². The number of nitrogens with zero attached hydrogens (tertiary/aromatic N) is 1. The summed E-state index contributed by atoms with van der Waals surface area (Å²) >= 11 is 1.29. The zero-order valence-electron chi connectivity index (χ0n) is 11.8. The third-order valence-corrected chi connectivity index (χ3v) is 4.20. The summed E-state index contributed by atoms with van der Waals surface area (Å²) in [7, 11) is 1.47. The van der Waals surface area contributed by atoms with Crippen molar-refractivity contribution in [1.82, 2.24) is 5.32 Å². The van der Waals surface area contributed by atoms with Crippen molar-refractivity contribution < 1.29 is 14.8 Å². The van der Waals surface area contributed by atoms with Gasteiger partial charge in [-0.25, -0.2) is 0 Å². The predicted octanol–water partition coefficient (Wildman–Crippen LogP) is 2.60. The van der Waals surface area contributed by atoms with Crippen LogP contribution in [0.5, 0.6) is 0 Å². The number of hydrogen-bond donors (Lipinski definition) is 2. The SMILES string of the molecule is CNC(=O)c1cc([N+](=O)[O-])ccc1Sc1ccccc1CO. The smallest absolute Gasteiger partial charge is 0.270 e. The first-order valence-corrected chi connectivity index (χ1v) is 7.25. The number of aliphatic hydroxyl groups excluding tert-OH is 1. The lowest BCUT2D eigenvalue weighted by molar-refractivity contribution is -0.384. The highest BCUT2D eigenvalue weighted by Gasteiger charge is 2.17. The summed E-state index contributed by atoms with van der Waals surface area (Å²) in [5.74, 6) is -0.396. The Labute approximate surface area is 131 Å². The Hall–Kier alpha value is -2.38. The molecule has 0 heterocycles. The molecule has 2 N–H and O–H groups in total. The molecule has 0 saturated carbocycles. The molecule has 0 aliphatic rings. The van der Waals surface area contributed by atoms with Crippen LogP contribution in [0.1, 0.15) is 15.9 Å². The highest BCUT2D eigenvalue weighted by atomic mass is 32.2. The normalized spacial score (nSPS) is 10.3. The third kappa shape index (κ3) is 3.44. The van der Waals surface area contributed by atoms with E-state index in [9.17, 15) is 20.0 Å². The Kier molecular flexibility index (Phi) is 5.13. The van der Waals surface area contributed by atoms with Crippen molar-refractivity contribution >= 4 is 23.4 Å². The molecule has 0 fully saturated rings. The standard InChI is InChI=1S/C15H14N2O4S/c1-16-15(19)12-8-11(17(20)21)6-7-14(12)22-13-5-3-2-4-10(13)9-18/h2-8,18H,9H2,1H3,(H,16,19). The molecule has 0 aromatic heterocycles. The van der Waals surface area contributed by atoms with Gasteiger partial charge in [-0.3, -0.25) is 14.9 Å². The molecular formula is C15H14N2O4S. The second-order valence-corrected chi connectivity index (χ2v) is 5.47. The lowest BCUT2D eigenvalue weighted by atomic mass is 10.2. The number of amides is 1. The van der Waals surface area contributed by atoms with E-state index >= 15 is 0 Å². The van der Waals surface area contributed by atoms with Gasteiger partial charge in [-0.1, -0.05) is 30.0 Å². The number of carbonyl (C=O) groups excluding carboxylic acids is 1. The quantitative estimate of drug-likeness (QED) is 0.653. The summed E-state index contributed by atoms with van der Waals surface area (Å²) in [5.41, 5.74) is 0.821. The van der Waals surface area contributed by atoms with E-state index in [4.69, 9.17) is 0 Å². The molecule has 114 valence electrons. The summed E-state index contributed by atoms with van der Waals surface area (Å²) in [6.07, 6.45) is 0. The number of nitro benzene ring substituents is 1. The number of nitrogens with one attached hydrogen (secondary N) is 1. The molecule has 0 bridgehead atoms. The number of non-ortho nitro benzene ring substituents is 1. The first kappa shape index (κ1) is 16.0. The Balaban J connectivity index is 2.46. The van der Waals surface area contributed by atoms with Gasteiger partial charge in [-0.2, -0.15) is 0 Å². The fraction of sp³-hybridized carbons (Fsp3) is 0.133. The van der Waals surface area contributed by atoms with Crippen LogP contribution in [0.3, 0.4) is 0 Å². The molecule has 0 atom stereocenters. The molecule has 0 spiro atoms. The maximum absolute atomic E-state index is 12.0. The van der Waals surface area contributed by atoms with Crippen LogP contribution in [0.15, 0.2) is 52.3 Å². The van der Waals surface area contributed by atoms with Crippen molar-refractivity contribution in [2.45, 2.75) is 16.4 Å². The average Bonchev–Trinajstić information content (AvgIpc) is 2.54. The molecular weight excluding hydrogens is 304 g/mol. The molecule has 2 aromatic carbocycles. The van der Waals surface area contributed by atoms with Gasteiger partial charge in [-0.05, 0) is 17.7 Å². The second-order valence-electron chi connectivity index (χ2n) is 4.38. The van der Waals surface area contributed by atoms with Gasteiger partial charge >= 0.3 is 0 Å². The molecule has 1 amide bonds. The van der Waals surface area contributed by atoms with E-state index in [1.54, 1.807) is 12.1 Å². The molecule has 0 radical (unpaired) electrons. The molecule has 22 heavy (non-hydrogen) atoms. The Morgan fingerprint density at radius 1 is 1.27 bits per heavy atom. The first-order chi connectivity index (χ1) is 10.6. The molecule has 2 rings (SSSR count). The molecule has 7 heteroatoms. The minimum atomic E-state index is -0.539. The largest absolute Gasteiger partial charge is 0.392 e. The monoisotopic (exact) mass is 318 g/mol. The Morgan fingerprint density at radius 2 is 2.00 bits per heavy atom. The zero-order valence-corrected chi connectivity index (χ0v) is 12.6. The van der Waals surface area contributed by atoms with Crippen LogP contribution in [0.4, 0.5) is 5.69 Å². The van der Waals surface area contributed by atoms with Gasteiger partial charge in [-0.15, -0.1) is 0 Å². The predicted molar refractivity (Wildman–Crippen MR) is 83.0 cm³/mol. The van der Waals surface area contributed by atoms with Crippen molar-refractivity contribution in [3.05, 3.63) is 63.7 Å². The van der Waals surface area contributed by atoms with E-state index < -0.39 is 10.8 Å². The van der Waals surface area contributed by atoms with Gasteiger partial charge < -0.3 is 10.4 Å². The van der Waals surface area contributed by atoms with Gasteiger partial charge in [0.25, 0.3) is 11.6 Å². The first-order valence-electron chi connectivity index (χ1n) is 6.44. The highest BCUT2D eigenvalue weighted by molar-refractivity contribution is 7.99. The second kappa shape index (κ2) is 7.06. The van der Waals surface area contributed by atoms with Gasteiger partial charge in [0, 0.05) is 29.0 Å². The molecule has 0 saturated heterocycles. The molecule has 0 aliphatic heterocycles. The number of benzene rings is 2. The number of aliphatic hydroxyl groups is 1. The van der Waals surface area contributed by atoms with Crippen LogP contribution in [0.2, 0.25) is 0 Å². The molecule has 0 aliphatic carbocycles. The Bertz CT molecular complexity index is 718. The van der Waals surface area contributed by atoms with E-state index in [0.29, 0.717) is 4.90 Å². The van der Waals surface area contributed by atoms with Crippen molar-refractivity contribution in [3.8, 4) is 0 Å². The zero-order chi connectivity index (χ0) is 16.1. The minimum absolute atomic E-state index is 0.120. The topological polar surface area (TPSA) is 92.5 Å². The summed E-state index contributed by atoms with van der Waals surface area (Å²) in [6.45, 7) is -0.120. The summed E-state index contributed by atoms with van der Waals surface area (Å²) in [5, 5.41) is 22.7. The molecule has 0 unspecified atom stereocenters. The number of hydrogen-bond acceptors (Lipinski definition) is 5. The van der Waals surface area contributed by atoms with Crippen LogP contribution in [-0.2, 0) is 6.61 Å². The summed E-state index contributed by atoms with van der Waals surface area (Å²) in [6, 6.07) is 11.4. The Morgan fingerprint density at radius 3 is 2.64 bits per heavy atom. The third-order valence-electron chi connectivity index (χ3n) is 3.01. The number of nitro groups is 1. The van der Waals surface area contributed by atoms with Crippen molar-refractivity contribution in [2.75, 3.05) is 7.05 Å². The van der Waals surface area contributed by atoms with E-state index in [2.05, 4.69) is 5.32 Å². The van der Waals surface area contributed by atoms with Crippen LogP contribution in [0.25, 0.3) is 0 Å². The van der Waals surface area contributed by atoms with Crippen LogP contribution in [-0.4, -0.2) is 23.0 Å². The highest BCUT2D eigenvalue weighted by Crippen LogP contribution is 2.34. The van der Waals surface area contributed by atoms with Gasteiger partial charge in [0.2, 0.25) is 0 Å². The fourth-order valence-corrected chi connectivity index (χ4v) is 2.93. The molecule has 2 aromatic rings. The maximum atomic E-state index is 12.0. The van der Waals surface area contributed by atoms with Crippen LogP contribution >= 0.6 is 11.8 Å². The van der Waals surface area contributed by atoms with Crippen LogP contribution < -0.4 is 5.32 Å². The van der Waals surface area contributed by atoms with Crippen molar-refractivity contribution in [1.29, 1.82) is 0 Å². The fourth-order valence-electron chi connectivity index (χ4n) is 1.89. The van der Waals surface area contributed by atoms with Crippen molar-refractivity contribution in [2.24, 2.45) is 0 Å². The maximum Gasteiger partial charge on any atom is 0.270 e. The van der Waals surface area contributed by atoms with Gasteiger partial charge in [0.15, 0.2) is 0 Å². The lowest BCUT2D eigenvalue weighted by Gasteiger charge is -2.10. The molecule has 6 nitrogen and oxygen atoms in total. The summed E-state index contributed by atoms with van der Waals surface area (Å²) < 4.78 is 0.